The molecule has 6 heteroatoms. The molecule has 0 bridgehead atoms. The zero-order valence-electron chi connectivity index (χ0n) is 10.9. The minimum absolute atomic E-state index is 0.245. The van der Waals surface area contributed by atoms with Crippen LogP contribution in [0, 0.1) is 0 Å². The first-order valence-corrected chi connectivity index (χ1v) is 7.60. The van der Waals surface area contributed by atoms with Crippen molar-refractivity contribution in [3.8, 4) is 0 Å². The molecule has 0 atom stereocenters. The third-order valence-electron chi connectivity index (χ3n) is 2.60. The van der Waals surface area contributed by atoms with Crippen molar-refractivity contribution in [1.82, 2.24) is 9.97 Å². The van der Waals surface area contributed by atoms with Gasteiger partial charge in [0.25, 0.3) is 0 Å². The first kappa shape index (κ1) is 13.1. The molecule has 0 aliphatic heterocycles. The Kier molecular flexibility index (Phi) is 3.19. The standard InChI is InChI=1S/C14H12N2O2S2/c1-7(17)3-13-15-9-5-12-10(6-11(9)19-13)16-14(20-12)4-8(2)18/h3-6,17-18H,1-2H3. The molecular formula is C14H12N2O2S2. The number of hydrogen-bond donors (Lipinski definition) is 2. The summed E-state index contributed by atoms with van der Waals surface area (Å²) in [5, 5.41) is 20.1. The van der Waals surface area contributed by atoms with Crippen LogP contribution in [-0.2, 0) is 0 Å². The number of allylic oxidation sites excluding steroid dienone is 2. The van der Waals surface area contributed by atoms with Crippen molar-refractivity contribution in [2.45, 2.75) is 13.8 Å². The zero-order valence-corrected chi connectivity index (χ0v) is 12.5. The molecule has 3 rings (SSSR count). The molecule has 102 valence electrons. The molecule has 2 aromatic heterocycles. The predicted molar refractivity (Wildman–Crippen MR) is 85.4 cm³/mol. The third-order valence-corrected chi connectivity index (χ3v) is 4.53. The normalized spacial score (nSPS) is 13.5. The first-order valence-electron chi connectivity index (χ1n) is 5.97. The van der Waals surface area contributed by atoms with Gasteiger partial charge in [-0.05, 0) is 26.0 Å². The van der Waals surface area contributed by atoms with Crippen molar-refractivity contribution in [3.05, 3.63) is 33.7 Å². The number of aliphatic hydroxyl groups excluding tert-OH is 2. The van der Waals surface area contributed by atoms with E-state index in [0.29, 0.717) is 0 Å². The Hall–Kier alpha value is -1.92. The van der Waals surface area contributed by atoms with Crippen LogP contribution in [0.3, 0.4) is 0 Å². The maximum atomic E-state index is 9.29. The molecule has 1 aromatic carbocycles. The SMILES string of the molecule is CC(O)=Cc1nc2cc3sc(C=C(C)O)nc3cc2s1. The van der Waals surface area contributed by atoms with Gasteiger partial charge in [-0.25, -0.2) is 9.97 Å². The van der Waals surface area contributed by atoms with Gasteiger partial charge in [-0.15, -0.1) is 22.7 Å². The Balaban J connectivity index is 2.15. The van der Waals surface area contributed by atoms with Gasteiger partial charge in [0.2, 0.25) is 0 Å². The Morgan fingerprint density at radius 3 is 1.65 bits per heavy atom. The lowest BCUT2D eigenvalue weighted by Gasteiger charge is -1.86. The molecule has 4 nitrogen and oxygen atoms in total. The van der Waals surface area contributed by atoms with Crippen LogP contribution >= 0.6 is 22.7 Å². The maximum absolute atomic E-state index is 9.29. The van der Waals surface area contributed by atoms with Gasteiger partial charge in [0.05, 0.1) is 32.0 Å². The summed E-state index contributed by atoms with van der Waals surface area (Å²) >= 11 is 3.03. The Morgan fingerprint density at radius 1 is 0.900 bits per heavy atom. The van der Waals surface area contributed by atoms with Crippen molar-refractivity contribution in [1.29, 1.82) is 0 Å². The second-order valence-corrected chi connectivity index (χ2v) is 6.59. The van der Waals surface area contributed by atoms with E-state index < -0.39 is 0 Å². The van der Waals surface area contributed by atoms with E-state index in [1.165, 1.54) is 22.7 Å². The summed E-state index contributed by atoms with van der Waals surface area (Å²) in [6.07, 6.45) is 3.30. The van der Waals surface area contributed by atoms with Crippen LogP contribution in [-0.4, -0.2) is 20.2 Å². The summed E-state index contributed by atoms with van der Waals surface area (Å²) in [7, 11) is 0. The maximum Gasteiger partial charge on any atom is 0.120 e. The lowest BCUT2D eigenvalue weighted by atomic mass is 10.3. The lowest BCUT2D eigenvalue weighted by Crippen LogP contribution is -1.73. The minimum Gasteiger partial charge on any atom is -0.513 e. The molecule has 0 amide bonds. The molecule has 2 N–H and O–H groups in total. The van der Waals surface area contributed by atoms with Crippen LogP contribution in [0.5, 0.6) is 0 Å². The highest BCUT2D eigenvalue weighted by Crippen LogP contribution is 2.31. The number of aromatic nitrogens is 2. The van der Waals surface area contributed by atoms with Gasteiger partial charge in [-0.2, -0.15) is 0 Å². The van der Waals surface area contributed by atoms with E-state index in [4.69, 9.17) is 0 Å². The average Bonchev–Trinajstić information content (AvgIpc) is 2.84. The molecule has 0 spiro atoms. The van der Waals surface area contributed by atoms with E-state index in [0.717, 1.165) is 30.4 Å². The molecule has 20 heavy (non-hydrogen) atoms. The second-order valence-electron chi connectivity index (χ2n) is 4.46. The van der Waals surface area contributed by atoms with E-state index >= 15 is 0 Å². The molecule has 3 aromatic rings. The van der Waals surface area contributed by atoms with E-state index in [2.05, 4.69) is 9.97 Å². The molecule has 0 saturated heterocycles. The summed E-state index contributed by atoms with van der Waals surface area (Å²) in [6, 6.07) is 3.99. The van der Waals surface area contributed by atoms with Crippen molar-refractivity contribution >= 4 is 55.3 Å². The van der Waals surface area contributed by atoms with Gasteiger partial charge < -0.3 is 10.2 Å². The smallest absolute Gasteiger partial charge is 0.120 e. The highest BCUT2D eigenvalue weighted by atomic mass is 32.1. The summed E-state index contributed by atoms with van der Waals surface area (Å²) in [5.41, 5.74) is 1.80. The van der Waals surface area contributed by atoms with Crippen LogP contribution < -0.4 is 0 Å². The fourth-order valence-electron chi connectivity index (χ4n) is 1.87. The predicted octanol–water partition coefficient (Wildman–Crippen LogP) is 4.74. The zero-order chi connectivity index (χ0) is 14.3. The van der Waals surface area contributed by atoms with Crippen LogP contribution in [0.2, 0.25) is 0 Å². The minimum atomic E-state index is 0.245. The molecule has 0 saturated carbocycles. The van der Waals surface area contributed by atoms with Gasteiger partial charge >= 0.3 is 0 Å². The van der Waals surface area contributed by atoms with Crippen molar-refractivity contribution in [3.63, 3.8) is 0 Å². The van der Waals surface area contributed by atoms with Crippen LogP contribution in [0.1, 0.15) is 23.9 Å². The summed E-state index contributed by atoms with van der Waals surface area (Å²) in [4.78, 5) is 8.94. The summed E-state index contributed by atoms with van der Waals surface area (Å²) < 4.78 is 2.07. The van der Waals surface area contributed by atoms with Gasteiger partial charge in [0.1, 0.15) is 10.0 Å². The van der Waals surface area contributed by atoms with Gasteiger partial charge in [-0.1, -0.05) is 0 Å². The van der Waals surface area contributed by atoms with E-state index in [1.807, 2.05) is 12.1 Å². The highest BCUT2D eigenvalue weighted by Gasteiger charge is 2.08. The van der Waals surface area contributed by atoms with Crippen LogP contribution in [0.15, 0.2) is 23.7 Å². The molecule has 0 aliphatic rings. The van der Waals surface area contributed by atoms with Crippen LogP contribution in [0.4, 0.5) is 0 Å². The summed E-state index contributed by atoms with van der Waals surface area (Å²) in [5.74, 6) is 0.490. The Morgan fingerprint density at radius 2 is 1.30 bits per heavy atom. The van der Waals surface area contributed by atoms with E-state index in [-0.39, 0.29) is 11.5 Å². The topological polar surface area (TPSA) is 66.2 Å². The van der Waals surface area contributed by atoms with E-state index in [1.54, 1.807) is 26.0 Å². The van der Waals surface area contributed by atoms with Gasteiger partial charge in [-0.3, -0.25) is 0 Å². The van der Waals surface area contributed by atoms with Gasteiger partial charge in [0.15, 0.2) is 0 Å². The number of nitrogens with zero attached hydrogens (tertiary/aromatic N) is 2. The quantitative estimate of drug-likeness (QED) is 0.671. The monoisotopic (exact) mass is 304 g/mol. The van der Waals surface area contributed by atoms with Crippen molar-refractivity contribution in [2.75, 3.05) is 0 Å². The number of hydrogen-bond acceptors (Lipinski definition) is 6. The van der Waals surface area contributed by atoms with Crippen molar-refractivity contribution in [2.24, 2.45) is 0 Å². The lowest BCUT2D eigenvalue weighted by molar-refractivity contribution is 0.419. The Labute approximate surface area is 123 Å². The summed E-state index contributed by atoms with van der Waals surface area (Å²) in [6.45, 7) is 3.25. The fourth-order valence-corrected chi connectivity index (χ4v) is 3.82. The van der Waals surface area contributed by atoms with Crippen LogP contribution in [0.25, 0.3) is 32.6 Å². The van der Waals surface area contributed by atoms with E-state index in [9.17, 15) is 10.2 Å². The van der Waals surface area contributed by atoms with Crippen molar-refractivity contribution < 1.29 is 10.2 Å². The average molecular weight is 304 g/mol. The molecule has 0 aliphatic carbocycles. The number of thiazole rings is 2. The molecular weight excluding hydrogens is 292 g/mol. The molecule has 0 fully saturated rings. The first-order chi connectivity index (χ1) is 9.51. The number of fused-ring (bicyclic) bond motifs is 2. The number of aliphatic hydroxyl groups is 2. The number of rotatable bonds is 2. The fraction of sp³-hybridized carbons (Fsp3) is 0.143. The third kappa shape index (κ3) is 2.52. The highest BCUT2D eigenvalue weighted by molar-refractivity contribution is 7.20. The molecule has 2 heterocycles. The largest absolute Gasteiger partial charge is 0.513 e. The Bertz CT molecular complexity index is 732. The van der Waals surface area contributed by atoms with Gasteiger partial charge in [0, 0.05) is 12.2 Å². The molecule has 0 unspecified atom stereocenters. The molecule has 0 radical (unpaired) electrons. The number of benzene rings is 1. The second kappa shape index (κ2) is 4.88.